The van der Waals surface area contributed by atoms with Crippen molar-refractivity contribution in [2.24, 2.45) is 0 Å². The molecule has 0 aliphatic rings. The number of aryl methyl sites for hydroxylation is 1. The Hall–Kier alpha value is -1.31. The van der Waals surface area contributed by atoms with E-state index in [0.29, 0.717) is 0 Å². The molecule has 0 unspecified atom stereocenters. The van der Waals surface area contributed by atoms with Crippen LogP contribution in [0.3, 0.4) is 0 Å². The maximum Gasteiger partial charge on any atom is 0.178 e. The first-order chi connectivity index (χ1) is 4.86. The van der Waals surface area contributed by atoms with Crippen LogP contribution in [0.4, 0.5) is 0 Å². The van der Waals surface area contributed by atoms with E-state index < -0.39 is 0 Å². The highest BCUT2D eigenvalue weighted by atomic mass is 16.3. The van der Waals surface area contributed by atoms with Gasteiger partial charge in [0, 0.05) is 6.07 Å². The van der Waals surface area contributed by atoms with Gasteiger partial charge in [-0.2, -0.15) is 0 Å². The van der Waals surface area contributed by atoms with Crippen molar-refractivity contribution in [3.63, 3.8) is 0 Å². The average molecular weight is 134 g/mol. The molecule has 1 N–H and O–H groups in total. The molecule has 0 radical (unpaired) electrons. The summed E-state index contributed by atoms with van der Waals surface area (Å²) in [5, 5.41) is 1.12. The highest BCUT2D eigenvalue weighted by Gasteiger charge is 1.99. The zero-order valence-corrected chi connectivity index (χ0v) is 5.72. The van der Waals surface area contributed by atoms with Gasteiger partial charge in [0.1, 0.15) is 11.3 Å². The summed E-state index contributed by atoms with van der Waals surface area (Å²) in [7, 11) is 0. The highest BCUT2D eigenvalue weighted by molar-refractivity contribution is 5.75. The maximum atomic E-state index is 5.35. The fourth-order valence-corrected chi connectivity index (χ4v) is 1.06. The van der Waals surface area contributed by atoms with Gasteiger partial charge in [-0.15, -0.1) is 0 Å². The Morgan fingerprint density at radius 1 is 1.50 bits per heavy atom. The Bertz CT molecular complexity index is 318. The van der Waals surface area contributed by atoms with Crippen LogP contribution in [-0.4, -0.2) is 0 Å². The van der Waals surface area contributed by atoms with Crippen LogP contribution in [0, 0.1) is 6.92 Å². The fraction of sp³-hybridized carbons (Fsp3) is 0.125. The van der Waals surface area contributed by atoms with Gasteiger partial charge in [0.15, 0.2) is 12.4 Å². The van der Waals surface area contributed by atoms with Gasteiger partial charge in [-0.25, -0.2) is 4.98 Å². The molecule has 10 heavy (non-hydrogen) atoms. The number of aromatic nitrogens is 1. The van der Waals surface area contributed by atoms with Crippen LogP contribution in [0.15, 0.2) is 28.9 Å². The first-order valence-corrected chi connectivity index (χ1v) is 3.22. The Morgan fingerprint density at radius 3 is 3.20 bits per heavy atom. The largest absolute Gasteiger partial charge is 0.461 e. The van der Waals surface area contributed by atoms with Gasteiger partial charge in [0.25, 0.3) is 0 Å². The average Bonchev–Trinajstić information content (AvgIpc) is 2.27. The lowest BCUT2D eigenvalue weighted by Crippen LogP contribution is -1.95. The normalized spacial score (nSPS) is 10.5. The molecule has 0 aromatic carbocycles. The van der Waals surface area contributed by atoms with Crippen LogP contribution >= 0.6 is 0 Å². The summed E-state index contributed by atoms with van der Waals surface area (Å²) < 4.78 is 5.35. The van der Waals surface area contributed by atoms with Gasteiger partial charge < -0.3 is 4.42 Å². The molecule has 0 saturated heterocycles. The van der Waals surface area contributed by atoms with E-state index >= 15 is 0 Å². The first-order valence-electron chi connectivity index (χ1n) is 3.22. The van der Waals surface area contributed by atoms with Crippen LogP contribution in [0.5, 0.6) is 0 Å². The maximum absolute atomic E-state index is 5.35. The third-order valence-corrected chi connectivity index (χ3v) is 1.48. The molecule has 0 spiro atoms. The van der Waals surface area contributed by atoms with Gasteiger partial charge in [-0.05, 0) is 13.0 Å². The van der Waals surface area contributed by atoms with E-state index in [0.717, 1.165) is 16.7 Å². The molecule has 2 aromatic rings. The van der Waals surface area contributed by atoms with Crippen molar-refractivity contribution in [2.75, 3.05) is 0 Å². The van der Waals surface area contributed by atoms with E-state index in [1.807, 2.05) is 31.5 Å². The molecule has 2 rings (SSSR count). The first kappa shape index (κ1) is 5.47. The summed E-state index contributed by atoms with van der Waals surface area (Å²) >= 11 is 0. The number of hydrogen-bond acceptors (Lipinski definition) is 1. The molecule has 0 aliphatic heterocycles. The summed E-state index contributed by atoms with van der Waals surface area (Å²) in [6.45, 7) is 1.94. The molecule has 2 heteroatoms. The molecule has 0 amide bonds. The summed E-state index contributed by atoms with van der Waals surface area (Å²) in [5.74, 6) is 0.953. The number of aromatic amines is 1. The van der Waals surface area contributed by atoms with Crippen molar-refractivity contribution in [1.29, 1.82) is 0 Å². The monoisotopic (exact) mass is 134 g/mol. The lowest BCUT2D eigenvalue weighted by Gasteiger charge is -1.77. The third kappa shape index (κ3) is 0.692. The van der Waals surface area contributed by atoms with Crippen molar-refractivity contribution in [3.05, 3.63) is 30.3 Å². The summed E-state index contributed by atoms with van der Waals surface area (Å²) in [6, 6.07) is 3.92. The zero-order valence-electron chi connectivity index (χ0n) is 5.72. The van der Waals surface area contributed by atoms with Crippen LogP contribution in [0.25, 0.3) is 11.0 Å². The highest BCUT2D eigenvalue weighted by Crippen LogP contribution is 2.14. The summed E-state index contributed by atoms with van der Waals surface area (Å²) in [5.41, 5.74) is 0.941. The lowest BCUT2D eigenvalue weighted by atomic mass is 10.3. The fourth-order valence-electron chi connectivity index (χ4n) is 1.06. The minimum atomic E-state index is 0.941. The number of fused-ring (bicyclic) bond motifs is 1. The second-order valence-electron chi connectivity index (χ2n) is 2.32. The molecule has 2 aromatic heterocycles. The molecule has 0 aliphatic carbocycles. The molecule has 0 saturated carbocycles. The van der Waals surface area contributed by atoms with Crippen molar-refractivity contribution in [3.8, 4) is 0 Å². The predicted molar refractivity (Wildman–Crippen MR) is 37.5 cm³/mol. The Morgan fingerprint density at radius 2 is 2.40 bits per heavy atom. The van der Waals surface area contributed by atoms with E-state index in [9.17, 15) is 0 Å². The van der Waals surface area contributed by atoms with Gasteiger partial charge >= 0.3 is 0 Å². The van der Waals surface area contributed by atoms with E-state index in [1.165, 1.54) is 0 Å². The minimum Gasteiger partial charge on any atom is -0.461 e. The molecule has 0 atom stereocenters. The van der Waals surface area contributed by atoms with Crippen LogP contribution in [0.2, 0.25) is 0 Å². The van der Waals surface area contributed by atoms with Crippen LogP contribution in [0.1, 0.15) is 5.76 Å². The number of hydrogen-bond donors (Lipinski definition) is 0. The molecule has 2 nitrogen and oxygen atoms in total. The number of pyridine rings is 1. The van der Waals surface area contributed by atoms with Gasteiger partial charge in [-0.3, -0.25) is 0 Å². The molecule has 0 bridgehead atoms. The number of rotatable bonds is 0. The van der Waals surface area contributed by atoms with Crippen molar-refractivity contribution < 1.29 is 9.40 Å². The number of nitrogens with one attached hydrogen (secondary N) is 1. The summed E-state index contributed by atoms with van der Waals surface area (Å²) in [4.78, 5) is 2.99. The van der Waals surface area contributed by atoms with Gasteiger partial charge in [0.05, 0.1) is 5.39 Å². The lowest BCUT2D eigenvalue weighted by molar-refractivity contribution is -0.375. The molecular formula is C8H8NO+. The molecule has 2 heterocycles. The zero-order chi connectivity index (χ0) is 6.97. The summed E-state index contributed by atoms with van der Waals surface area (Å²) in [6.07, 6.45) is 3.77. The number of furan rings is 1. The number of H-pyrrole nitrogens is 1. The minimum absolute atomic E-state index is 0.941. The predicted octanol–water partition coefficient (Wildman–Crippen LogP) is 1.56. The Kier molecular flexibility index (Phi) is 1.01. The molecule has 50 valence electrons. The van der Waals surface area contributed by atoms with Crippen LogP contribution in [-0.2, 0) is 0 Å². The van der Waals surface area contributed by atoms with Gasteiger partial charge in [0.2, 0.25) is 0 Å². The van der Waals surface area contributed by atoms with E-state index in [4.69, 9.17) is 4.42 Å². The molecule has 0 fully saturated rings. The second-order valence-corrected chi connectivity index (χ2v) is 2.32. The Balaban J connectivity index is 2.88. The molecular weight excluding hydrogens is 126 g/mol. The third-order valence-electron chi connectivity index (χ3n) is 1.48. The van der Waals surface area contributed by atoms with Crippen molar-refractivity contribution in [1.82, 2.24) is 0 Å². The van der Waals surface area contributed by atoms with E-state index in [2.05, 4.69) is 4.98 Å². The second kappa shape index (κ2) is 1.84. The topological polar surface area (TPSA) is 27.3 Å². The van der Waals surface area contributed by atoms with Crippen molar-refractivity contribution in [2.45, 2.75) is 6.92 Å². The Labute approximate surface area is 58.5 Å². The van der Waals surface area contributed by atoms with Crippen LogP contribution < -0.4 is 4.98 Å². The quantitative estimate of drug-likeness (QED) is 0.537. The van der Waals surface area contributed by atoms with Crippen molar-refractivity contribution >= 4 is 11.0 Å². The van der Waals surface area contributed by atoms with Gasteiger partial charge in [-0.1, -0.05) is 0 Å². The van der Waals surface area contributed by atoms with E-state index in [1.54, 1.807) is 0 Å². The van der Waals surface area contributed by atoms with E-state index in [-0.39, 0.29) is 0 Å². The standard InChI is InChI=1S/C8H7NO/c1-6-4-7-5-9-3-2-8(7)10-6/h2-5H,1H3/p+1. The smallest absolute Gasteiger partial charge is 0.178 e. The SMILES string of the molecule is Cc1cc2c[nH+]ccc2o1.